The lowest BCUT2D eigenvalue weighted by Gasteiger charge is -2.26. The molecule has 0 unspecified atom stereocenters. The Hall–Kier alpha value is -1.94. The second kappa shape index (κ2) is 11.8. The van der Waals surface area contributed by atoms with Gasteiger partial charge in [-0.3, -0.25) is 19.4 Å². The van der Waals surface area contributed by atoms with Gasteiger partial charge >= 0.3 is 11.9 Å². The minimum Gasteiger partial charge on any atom is -0.506 e. The van der Waals surface area contributed by atoms with Crippen LogP contribution in [0.2, 0.25) is 20.1 Å². The fraction of sp³-hybridized carbons (Fsp3) is 0.300. The van der Waals surface area contributed by atoms with E-state index >= 15 is 0 Å². The number of carbonyl (C=O) groups is 2. The molecule has 2 aromatic carbocycles. The molecule has 0 spiro atoms. The zero-order valence-electron chi connectivity index (χ0n) is 16.6. The van der Waals surface area contributed by atoms with Crippen LogP contribution in [0.5, 0.6) is 11.5 Å². The third kappa shape index (κ3) is 7.88. The summed E-state index contributed by atoms with van der Waals surface area (Å²) in [6.07, 6.45) is 0. The molecular formula is C20H20Cl4N2O6. The van der Waals surface area contributed by atoms with Crippen LogP contribution < -0.4 is 0 Å². The first kappa shape index (κ1) is 26.3. The molecule has 2 aromatic rings. The van der Waals surface area contributed by atoms with Crippen LogP contribution >= 0.6 is 46.4 Å². The molecule has 0 fully saturated rings. The average molecular weight is 526 g/mol. The van der Waals surface area contributed by atoms with Crippen LogP contribution in [-0.2, 0) is 22.7 Å². The number of hydrogen-bond acceptors (Lipinski definition) is 6. The van der Waals surface area contributed by atoms with Crippen LogP contribution in [-0.4, -0.2) is 68.3 Å². The number of halogens is 4. The van der Waals surface area contributed by atoms with Crippen molar-refractivity contribution in [1.82, 2.24) is 9.80 Å². The highest BCUT2D eigenvalue weighted by Gasteiger charge is 2.19. The Bertz CT molecular complexity index is 925. The van der Waals surface area contributed by atoms with Gasteiger partial charge in [0, 0.05) is 47.4 Å². The summed E-state index contributed by atoms with van der Waals surface area (Å²) >= 11 is 23.8. The van der Waals surface area contributed by atoms with Gasteiger partial charge in [0.05, 0.1) is 23.1 Å². The summed E-state index contributed by atoms with van der Waals surface area (Å²) in [5, 5.41) is 39.5. The molecule has 2 rings (SSSR count). The van der Waals surface area contributed by atoms with Crippen LogP contribution in [0, 0.1) is 0 Å². The van der Waals surface area contributed by atoms with Crippen LogP contribution in [0.25, 0.3) is 0 Å². The monoisotopic (exact) mass is 524 g/mol. The van der Waals surface area contributed by atoms with Gasteiger partial charge in [0.1, 0.15) is 11.5 Å². The van der Waals surface area contributed by atoms with Crippen molar-refractivity contribution in [1.29, 1.82) is 0 Å². The maximum atomic E-state index is 11.3. The Morgan fingerprint density at radius 2 is 1.03 bits per heavy atom. The minimum atomic E-state index is -1.11. The highest BCUT2D eigenvalue weighted by atomic mass is 35.5. The summed E-state index contributed by atoms with van der Waals surface area (Å²) in [5.41, 5.74) is 0.653. The number of benzene rings is 2. The van der Waals surface area contributed by atoms with Gasteiger partial charge in [0.2, 0.25) is 0 Å². The summed E-state index contributed by atoms with van der Waals surface area (Å²) in [5.74, 6) is -2.65. The first-order valence-electron chi connectivity index (χ1n) is 9.18. The highest BCUT2D eigenvalue weighted by Crippen LogP contribution is 2.33. The lowest BCUT2D eigenvalue weighted by atomic mass is 10.1. The number of rotatable bonds is 11. The Morgan fingerprint density at radius 1 is 0.688 bits per heavy atom. The predicted molar refractivity (Wildman–Crippen MR) is 122 cm³/mol. The van der Waals surface area contributed by atoms with Gasteiger partial charge in [0.15, 0.2) is 0 Å². The summed E-state index contributed by atoms with van der Waals surface area (Å²) < 4.78 is 0. The van der Waals surface area contributed by atoms with E-state index in [1.54, 1.807) is 0 Å². The molecule has 174 valence electrons. The van der Waals surface area contributed by atoms with E-state index in [0.29, 0.717) is 11.1 Å². The number of aromatic hydroxyl groups is 2. The van der Waals surface area contributed by atoms with E-state index in [9.17, 15) is 30.0 Å². The molecule has 12 heteroatoms. The lowest BCUT2D eigenvalue weighted by Crippen LogP contribution is -2.39. The van der Waals surface area contributed by atoms with E-state index in [0.717, 1.165) is 0 Å². The van der Waals surface area contributed by atoms with Gasteiger partial charge in [-0.05, 0) is 24.3 Å². The molecule has 0 bridgehead atoms. The van der Waals surface area contributed by atoms with Crippen LogP contribution in [0.3, 0.4) is 0 Å². The topological polar surface area (TPSA) is 122 Å². The van der Waals surface area contributed by atoms with Gasteiger partial charge in [-0.2, -0.15) is 0 Å². The van der Waals surface area contributed by atoms with Gasteiger partial charge < -0.3 is 20.4 Å². The van der Waals surface area contributed by atoms with Gasteiger partial charge in [-0.25, -0.2) is 0 Å². The van der Waals surface area contributed by atoms with Crippen molar-refractivity contribution < 1.29 is 30.0 Å². The molecule has 0 aliphatic rings. The molecule has 4 N–H and O–H groups in total. The first-order valence-corrected chi connectivity index (χ1v) is 10.7. The normalized spacial score (nSPS) is 11.3. The molecule has 0 aliphatic heterocycles. The maximum Gasteiger partial charge on any atom is 0.317 e. The van der Waals surface area contributed by atoms with Crippen LogP contribution in [0.15, 0.2) is 24.3 Å². The van der Waals surface area contributed by atoms with Gasteiger partial charge in [-0.1, -0.05) is 46.4 Å². The van der Waals surface area contributed by atoms with Crippen molar-refractivity contribution in [3.63, 3.8) is 0 Å². The summed E-state index contributed by atoms with van der Waals surface area (Å²) in [6.45, 7) is -0.491. The molecule has 0 saturated carbocycles. The van der Waals surface area contributed by atoms with E-state index in [4.69, 9.17) is 46.4 Å². The van der Waals surface area contributed by atoms with Crippen LogP contribution in [0.4, 0.5) is 0 Å². The lowest BCUT2D eigenvalue weighted by molar-refractivity contribution is -0.140. The number of aliphatic carboxylic acids is 2. The number of phenolic OH excluding ortho intramolecular Hbond substituents is 2. The average Bonchev–Trinajstić information content (AvgIpc) is 2.66. The largest absolute Gasteiger partial charge is 0.506 e. The second-order valence-electron chi connectivity index (χ2n) is 7.00. The molecule has 0 aromatic heterocycles. The molecular weight excluding hydrogens is 506 g/mol. The Balaban J connectivity index is 2.20. The van der Waals surface area contributed by atoms with E-state index in [1.807, 2.05) is 0 Å². The smallest absolute Gasteiger partial charge is 0.317 e. The molecule has 8 nitrogen and oxygen atoms in total. The summed E-state index contributed by atoms with van der Waals surface area (Å²) in [6, 6.07) is 5.67. The number of hydrogen-bond donors (Lipinski definition) is 4. The van der Waals surface area contributed by atoms with Crippen molar-refractivity contribution in [2.45, 2.75) is 13.1 Å². The van der Waals surface area contributed by atoms with Crippen LogP contribution in [0.1, 0.15) is 11.1 Å². The molecule has 0 aliphatic carbocycles. The molecule has 0 radical (unpaired) electrons. The van der Waals surface area contributed by atoms with Gasteiger partial charge in [-0.15, -0.1) is 0 Å². The van der Waals surface area contributed by atoms with E-state index in [2.05, 4.69) is 0 Å². The maximum absolute atomic E-state index is 11.3. The third-order valence-corrected chi connectivity index (χ3v) is 5.46. The standard InChI is InChI=1S/C20H20Cl4N2O6/c21-13-3-11(19(31)15(23)5-13)7-25(9-17(27)28)1-2-26(10-18(29)30)8-12-4-14(22)6-16(24)20(12)32/h3-6,31-32H,1-2,7-10H2,(H,27,28)(H,29,30). The highest BCUT2D eigenvalue weighted by molar-refractivity contribution is 6.36. The van der Waals surface area contributed by atoms with E-state index in [-0.39, 0.29) is 70.9 Å². The van der Waals surface area contributed by atoms with Crippen molar-refractivity contribution in [2.75, 3.05) is 26.2 Å². The fourth-order valence-electron chi connectivity index (χ4n) is 3.05. The Morgan fingerprint density at radius 3 is 1.34 bits per heavy atom. The number of nitrogens with zero attached hydrogens (tertiary/aromatic N) is 2. The number of phenols is 2. The second-order valence-corrected chi connectivity index (χ2v) is 8.69. The number of carboxylic acids is 2. The van der Waals surface area contributed by atoms with Crippen molar-refractivity contribution in [3.8, 4) is 11.5 Å². The number of carboxylic acid groups (broad SMARTS) is 2. The molecule has 0 amide bonds. The SMILES string of the molecule is O=C(O)CN(CCN(CC(=O)O)Cc1cc(Cl)cc(Cl)c1O)Cc1cc(Cl)cc(Cl)c1O. The zero-order valence-corrected chi connectivity index (χ0v) is 19.6. The van der Waals surface area contributed by atoms with E-state index in [1.165, 1.54) is 34.1 Å². The first-order chi connectivity index (χ1) is 15.0. The quantitative estimate of drug-likeness (QED) is 0.344. The molecule has 0 heterocycles. The predicted octanol–water partition coefficient (Wildman–Crippen LogP) is 4.18. The Kier molecular flexibility index (Phi) is 9.69. The molecule has 0 atom stereocenters. The van der Waals surface area contributed by atoms with E-state index < -0.39 is 11.9 Å². The zero-order chi connectivity index (χ0) is 24.0. The molecule has 0 saturated heterocycles. The van der Waals surface area contributed by atoms with Crippen molar-refractivity contribution in [3.05, 3.63) is 55.5 Å². The van der Waals surface area contributed by atoms with Crippen molar-refractivity contribution >= 4 is 58.3 Å². The summed E-state index contributed by atoms with van der Waals surface area (Å²) in [7, 11) is 0. The Labute approximate surface area is 204 Å². The van der Waals surface area contributed by atoms with Gasteiger partial charge in [0.25, 0.3) is 0 Å². The fourth-order valence-corrected chi connectivity index (χ4v) is 4.13. The minimum absolute atomic E-state index is 0.00751. The molecule has 32 heavy (non-hydrogen) atoms. The third-order valence-electron chi connectivity index (χ3n) is 4.45. The summed E-state index contributed by atoms with van der Waals surface area (Å²) in [4.78, 5) is 25.6. The van der Waals surface area contributed by atoms with Crippen molar-refractivity contribution in [2.24, 2.45) is 0 Å².